The zero-order valence-corrected chi connectivity index (χ0v) is 18.1. The summed E-state index contributed by atoms with van der Waals surface area (Å²) in [6.45, 7) is 2.88. The largest absolute Gasteiger partial charge is 0.478 e. The highest BCUT2D eigenvalue weighted by molar-refractivity contribution is 6.33. The molecule has 1 atom stereocenters. The highest BCUT2D eigenvalue weighted by Crippen LogP contribution is 2.48. The number of fused-ring (bicyclic) bond motifs is 4. The normalized spacial score (nSPS) is 17.5. The number of carboxylic acid groups (broad SMARTS) is 1. The number of hydrogen-bond acceptors (Lipinski definition) is 4. The molecular formula is C24H15ClF2N2O4. The van der Waals surface area contributed by atoms with Gasteiger partial charge in [-0.05, 0) is 49.2 Å². The molecule has 1 aliphatic heterocycles. The average molecular weight is 469 g/mol. The molecule has 1 unspecified atom stereocenters. The maximum Gasteiger partial charge on any atom is 0.328 e. The lowest BCUT2D eigenvalue weighted by Gasteiger charge is -2.26. The van der Waals surface area contributed by atoms with Gasteiger partial charge in [-0.3, -0.25) is 9.36 Å². The first-order chi connectivity index (χ1) is 15.6. The van der Waals surface area contributed by atoms with Gasteiger partial charge in [0.1, 0.15) is 17.1 Å². The van der Waals surface area contributed by atoms with Gasteiger partial charge in [0.05, 0.1) is 21.8 Å². The molecule has 0 fully saturated rings. The zero-order valence-electron chi connectivity index (χ0n) is 17.3. The summed E-state index contributed by atoms with van der Waals surface area (Å²) in [5.41, 5.74) is -1.49. The smallest absolute Gasteiger partial charge is 0.328 e. The Kier molecular flexibility index (Phi) is 4.54. The van der Waals surface area contributed by atoms with E-state index < -0.39 is 23.4 Å². The molecule has 0 saturated carbocycles. The Balaban J connectivity index is 1.83. The molecule has 0 aliphatic carbocycles. The number of alkyl halides is 1. The fourth-order valence-electron chi connectivity index (χ4n) is 4.55. The van der Waals surface area contributed by atoms with Crippen molar-refractivity contribution in [3.05, 3.63) is 81.5 Å². The molecule has 2 aromatic heterocycles. The minimum atomic E-state index is -2.29. The number of carbonyl (C=O) groups is 2. The minimum absolute atomic E-state index is 0.0000954. The molecule has 0 saturated heterocycles. The lowest BCUT2D eigenvalue weighted by molar-refractivity contribution is -0.131. The summed E-state index contributed by atoms with van der Waals surface area (Å²) >= 11 is 6.17. The van der Waals surface area contributed by atoms with Crippen molar-refractivity contribution in [2.24, 2.45) is 0 Å². The van der Waals surface area contributed by atoms with Crippen LogP contribution in [-0.2, 0) is 10.5 Å². The summed E-state index contributed by atoms with van der Waals surface area (Å²) in [5.74, 6) is -2.87. The van der Waals surface area contributed by atoms with Gasteiger partial charge in [0.15, 0.2) is 5.76 Å². The third-order valence-corrected chi connectivity index (χ3v) is 6.17. The first-order valence-corrected chi connectivity index (χ1v) is 10.3. The predicted octanol–water partition coefficient (Wildman–Crippen LogP) is 5.73. The zero-order chi connectivity index (χ0) is 23.7. The van der Waals surface area contributed by atoms with Crippen molar-refractivity contribution < 1.29 is 28.0 Å². The third-order valence-electron chi connectivity index (χ3n) is 5.85. The van der Waals surface area contributed by atoms with Crippen LogP contribution in [0, 0.1) is 12.7 Å². The molecule has 3 heterocycles. The Morgan fingerprint density at radius 3 is 2.67 bits per heavy atom. The Morgan fingerprint density at radius 2 is 1.97 bits per heavy atom. The van der Waals surface area contributed by atoms with Crippen LogP contribution in [0.3, 0.4) is 0 Å². The molecule has 166 valence electrons. The Morgan fingerprint density at radius 1 is 1.24 bits per heavy atom. The van der Waals surface area contributed by atoms with E-state index in [4.69, 9.17) is 21.2 Å². The average Bonchev–Trinajstić information content (AvgIpc) is 3.32. The minimum Gasteiger partial charge on any atom is -0.478 e. The molecule has 0 spiro atoms. The summed E-state index contributed by atoms with van der Waals surface area (Å²) in [4.78, 5) is 24.7. The second-order valence-electron chi connectivity index (χ2n) is 7.86. The van der Waals surface area contributed by atoms with Crippen molar-refractivity contribution in [2.45, 2.75) is 19.5 Å². The number of nitrogens with zero attached hydrogens (tertiary/aromatic N) is 2. The van der Waals surface area contributed by atoms with E-state index in [2.05, 4.69) is 5.16 Å². The van der Waals surface area contributed by atoms with E-state index in [1.807, 2.05) is 0 Å². The van der Waals surface area contributed by atoms with Gasteiger partial charge in [-0.2, -0.15) is 0 Å². The Hall–Kier alpha value is -3.78. The molecule has 4 aromatic rings. The summed E-state index contributed by atoms with van der Waals surface area (Å²) in [7, 11) is 0. The lowest BCUT2D eigenvalue weighted by Crippen LogP contribution is -2.33. The van der Waals surface area contributed by atoms with Crippen molar-refractivity contribution in [1.82, 2.24) is 9.72 Å². The molecule has 1 aliphatic rings. The Labute approximate surface area is 190 Å². The molecule has 0 bridgehead atoms. The number of rotatable bonds is 3. The van der Waals surface area contributed by atoms with Gasteiger partial charge < -0.3 is 9.63 Å². The molecule has 5 rings (SSSR count). The quantitative estimate of drug-likeness (QED) is 0.388. The van der Waals surface area contributed by atoms with Crippen LogP contribution in [0.15, 0.2) is 47.0 Å². The first-order valence-electron chi connectivity index (χ1n) is 9.88. The van der Waals surface area contributed by atoms with Gasteiger partial charge in [-0.15, -0.1) is 0 Å². The maximum atomic E-state index is 16.4. The third kappa shape index (κ3) is 2.87. The summed E-state index contributed by atoms with van der Waals surface area (Å²) in [5, 5.41) is 13.4. The van der Waals surface area contributed by atoms with Crippen molar-refractivity contribution in [2.75, 3.05) is 0 Å². The number of carboxylic acids is 1. The van der Waals surface area contributed by atoms with Crippen molar-refractivity contribution in [1.29, 1.82) is 0 Å². The van der Waals surface area contributed by atoms with E-state index in [0.717, 1.165) is 12.1 Å². The molecule has 0 amide bonds. The number of aliphatic carboxylic acids is 1. The summed E-state index contributed by atoms with van der Waals surface area (Å²) in [6.07, 6.45) is 2.35. The fraction of sp³-hybridized carbons (Fsp3) is 0.125. The van der Waals surface area contributed by atoms with Crippen molar-refractivity contribution >= 4 is 40.5 Å². The van der Waals surface area contributed by atoms with Crippen LogP contribution in [0.1, 0.15) is 39.9 Å². The van der Waals surface area contributed by atoms with Gasteiger partial charge in [0, 0.05) is 11.5 Å². The molecular weight excluding hydrogens is 454 g/mol. The summed E-state index contributed by atoms with van der Waals surface area (Å²) < 4.78 is 37.5. The lowest BCUT2D eigenvalue weighted by atomic mass is 9.89. The standard InChI is InChI=1S/C24H15ClF2N2O4/c1-11-17-12(9-10-16(30)31)5-3-8-15(17)29-21(11)24(2,27)22-19(23(29)32)20(28-33-22)18-13(25)6-4-7-14(18)26/h3-10H,1-2H3,(H,30,31)/b10-9+. The maximum absolute atomic E-state index is 16.4. The number of hydrogen-bond donors (Lipinski definition) is 1. The summed E-state index contributed by atoms with van der Waals surface area (Å²) in [6, 6.07) is 8.94. The molecule has 9 heteroatoms. The highest BCUT2D eigenvalue weighted by atomic mass is 35.5. The van der Waals surface area contributed by atoms with Crippen LogP contribution in [0.2, 0.25) is 5.02 Å². The second-order valence-corrected chi connectivity index (χ2v) is 8.27. The van der Waals surface area contributed by atoms with Crippen LogP contribution >= 0.6 is 11.6 Å². The predicted molar refractivity (Wildman–Crippen MR) is 118 cm³/mol. The van der Waals surface area contributed by atoms with Gasteiger partial charge in [0.2, 0.25) is 5.67 Å². The van der Waals surface area contributed by atoms with Crippen LogP contribution in [0.25, 0.3) is 28.2 Å². The topological polar surface area (TPSA) is 85.3 Å². The second kappa shape index (κ2) is 7.11. The van der Waals surface area contributed by atoms with Gasteiger partial charge in [0.25, 0.3) is 5.91 Å². The van der Waals surface area contributed by atoms with Gasteiger partial charge in [-0.1, -0.05) is 35.0 Å². The number of carbonyl (C=O) groups excluding carboxylic acids is 1. The SMILES string of the molecule is Cc1c2n(c3cccc(/C=C/C(=O)O)c13)C(=O)c1c(-c3c(F)cccc3Cl)noc1C2(C)F. The van der Waals surface area contributed by atoms with E-state index in [9.17, 15) is 14.0 Å². The molecule has 1 N–H and O–H groups in total. The first kappa shape index (κ1) is 21.1. The van der Waals surface area contributed by atoms with E-state index in [-0.39, 0.29) is 33.3 Å². The fourth-order valence-corrected chi connectivity index (χ4v) is 4.81. The number of halogens is 3. The van der Waals surface area contributed by atoms with Crippen LogP contribution in [-0.4, -0.2) is 26.7 Å². The van der Waals surface area contributed by atoms with Gasteiger partial charge in [-0.25, -0.2) is 13.6 Å². The molecule has 33 heavy (non-hydrogen) atoms. The van der Waals surface area contributed by atoms with E-state index >= 15 is 4.39 Å². The van der Waals surface area contributed by atoms with Crippen LogP contribution < -0.4 is 0 Å². The highest BCUT2D eigenvalue weighted by Gasteiger charge is 2.49. The number of aryl methyl sites for hydroxylation is 1. The van der Waals surface area contributed by atoms with Crippen molar-refractivity contribution in [3.8, 4) is 11.3 Å². The molecule has 2 aromatic carbocycles. The number of benzene rings is 2. The monoisotopic (exact) mass is 468 g/mol. The van der Waals surface area contributed by atoms with Crippen molar-refractivity contribution in [3.63, 3.8) is 0 Å². The van der Waals surface area contributed by atoms with E-state index in [1.165, 1.54) is 29.7 Å². The Bertz CT molecular complexity index is 1510. The van der Waals surface area contributed by atoms with Crippen LogP contribution in [0.4, 0.5) is 8.78 Å². The molecule has 6 nitrogen and oxygen atoms in total. The van der Waals surface area contributed by atoms with Gasteiger partial charge >= 0.3 is 5.97 Å². The van der Waals surface area contributed by atoms with Crippen LogP contribution in [0.5, 0.6) is 0 Å². The van der Waals surface area contributed by atoms with E-state index in [1.54, 1.807) is 25.1 Å². The van der Waals surface area contributed by atoms with E-state index in [0.29, 0.717) is 22.0 Å². The molecule has 0 radical (unpaired) electrons. The number of aromatic nitrogens is 2.